The number of nitrogens with zero attached hydrogens (tertiary/aromatic N) is 3. The zero-order chi connectivity index (χ0) is 25.7. The van der Waals surface area contributed by atoms with Crippen molar-refractivity contribution in [2.45, 2.75) is 154 Å². The van der Waals surface area contributed by atoms with Crippen LogP contribution >= 0.6 is 0 Å². The standard InChI is InChI=1S/C27H55N3O3Si/c1-8-9-10-11-12-13-14-15-16-17-18-19-20-24(31)25-23(21-29-30-28)22-32-34(33-25,26(2,3)4)27(5,6)7/h23-25,31H,8-22H2,1-7H3/t23-,24+,25-/m0/s1. The molecule has 1 fully saturated rings. The first-order valence-electron chi connectivity index (χ1n) is 14.0. The quantitative estimate of drug-likeness (QED) is 0.0759. The topological polar surface area (TPSA) is 87.5 Å². The van der Waals surface area contributed by atoms with E-state index >= 15 is 0 Å². The Balaban J connectivity index is 2.52. The van der Waals surface area contributed by atoms with Crippen LogP contribution in [0.3, 0.4) is 0 Å². The maximum absolute atomic E-state index is 11.2. The summed E-state index contributed by atoms with van der Waals surface area (Å²) in [6.07, 6.45) is 15.5. The van der Waals surface area contributed by atoms with Gasteiger partial charge in [0.15, 0.2) is 0 Å². The molecule has 0 bridgehead atoms. The Morgan fingerprint density at radius 3 is 1.79 bits per heavy atom. The summed E-state index contributed by atoms with van der Waals surface area (Å²) in [4.78, 5) is 2.94. The molecule has 1 N–H and O–H groups in total. The van der Waals surface area contributed by atoms with Crippen LogP contribution in [0.15, 0.2) is 5.11 Å². The highest BCUT2D eigenvalue weighted by Crippen LogP contribution is 2.55. The third-order valence-electron chi connectivity index (χ3n) is 7.35. The molecule has 1 heterocycles. The molecule has 0 aromatic rings. The highest BCUT2D eigenvalue weighted by molar-refractivity contribution is 6.73. The van der Waals surface area contributed by atoms with E-state index in [0.29, 0.717) is 13.2 Å². The number of rotatable bonds is 16. The minimum absolute atomic E-state index is 0.103. The van der Waals surface area contributed by atoms with Crippen LogP contribution in [0.1, 0.15) is 132 Å². The summed E-state index contributed by atoms with van der Waals surface area (Å²) >= 11 is 0. The van der Waals surface area contributed by atoms with Gasteiger partial charge in [0.1, 0.15) is 0 Å². The van der Waals surface area contributed by atoms with Crippen LogP contribution in [0, 0.1) is 5.92 Å². The number of unbranched alkanes of at least 4 members (excludes halogenated alkanes) is 11. The van der Waals surface area contributed by atoms with E-state index in [1.165, 1.54) is 64.2 Å². The molecule has 0 aromatic carbocycles. The molecule has 1 aliphatic heterocycles. The third-order valence-corrected chi connectivity index (χ3v) is 12.5. The van der Waals surface area contributed by atoms with Gasteiger partial charge in [0.25, 0.3) is 0 Å². The van der Waals surface area contributed by atoms with E-state index in [2.05, 4.69) is 58.5 Å². The summed E-state index contributed by atoms with van der Waals surface area (Å²) in [6.45, 7) is 16.2. The average molecular weight is 498 g/mol. The van der Waals surface area contributed by atoms with E-state index < -0.39 is 14.7 Å². The van der Waals surface area contributed by atoms with Crippen LogP contribution < -0.4 is 0 Å². The van der Waals surface area contributed by atoms with Crippen molar-refractivity contribution in [3.63, 3.8) is 0 Å². The lowest BCUT2D eigenvalue weighted by atomic mass is 9.95. The maximum atomic E-state index is 11.2. The van der Waals surface area contributed by atoms with E-state index in [1.807, 2.05) is 0 Å². The molecule has 0 amide bonds. The number of hydrogen-bond acceptors (Lipinski definition) is 4. The summed E-state index contributed by atoms with van der Waals surface area (Å²) < 4.78 is 13.3. The lowest BCUT2D eigenvalue weighted by molar-refractivity contribution is -0.0828. The molecule has 0 unspecified atom stereocenters. The molecule has 200 valence electrons. The summed E-state index contributed by atoms with van der Waals surface area (Å²) in [6, 6.07) is 0. The Morgan fingerprint density at radius 1 is 0.882 bits per heavy atom. The minimum Gasteiger partial charge on any atom is -0.393 e. The predicted octanol–water partition coefficient (Wildman–Crippen LogP) is 8.82. The molecular weight excluding hydrogens is 442 g/mol. The zero-order valence-corrected chi connectivity index (χ0v) is 24.4. The maximum Gasteiger partial charge on any atom is 0.349 e. The van der Waals surface area contributed by atoms with Gasteiger partial charge < -0.3 is 14.0 Å². The highest BCUT2D eigenvalue weighted by atomic mass is 28.4. The molecule has 1 rings (SSSR count). The normalized spacial score (nSPS) is 21.8. The van der Waals surface area contributed by atoms with Crippen LogP contribution in [0.5, 0.6) is 0 Å². The smallest absolute Gasteiger partial charge is 0.349 e. The van der Waals surface area contributed by atoms with E-state index in [-0.39, 0.29) is 22.1 Å². The Hall–Kier alpha value is -0.593. The molecule has 1 aliphatic rings. The lowest BCUT2D eigenvalue weighted by Crippen LogP contribution is -2.65. The minimum atomic E-state index is -2.67. The first-order valence-corrected chi connectivity index (χ1v) is 15.8. The van der Waals surface area contributed by atoms with Crippen molar-refractivity contribution >= 4 is 8.56 Å². The number of aliphatic hydroxyl groups is 1. The van der Waals surface area contributed by atoms with Gasteiger partial charge in [-0.15, -0.1) is 0 Å². The van der Waals surface area contributed by atoms with Crippen molar-refractivity contribution in [2.24, 2.45) is 11.0 Å². The van der Waals surface area contributed by atoms with Crippen molar-refractivity contribution in [1.82, 2.24) is 0 Å². The first kappa shape index (κ1) is 31.4. The molecular formula is C27H55N3O3Si. The second-order valence-electron chi connectivity index (χ2n) is 12.4. The number of hydrogen-bond donors (Lipinski definition) is 1. The fourth-order valence-electron chi connectivity index (χ4n) is 5.60. The van der Waals surface area contributed by atoms with E-state index in [9.17, 15) is 5.11 Å². The largest absolute Gasteiger partial charge is 0.393 e. The molecule has 3 atom stereocenters. The van der Waals surface area contributed by atoms with Crippen LogP contribution in [0.25, 0.3) is 10.4 Å². The summed E-state index contributed by atoms with van der Waals surface area (Å²) in [5.74, 6) is -0.103. The Labute approximate surface area is 211 Å². The van der Waals surface area contributed by atoms with Crippen molar-refractivity contribution < 1.29 is 14.0 Å². The van der Waals surface area contributed by atoms with Gasteiger partial charge in [-0.3, -0.25) is 0 Å². The monoisotopic (exact) mass is 497 g/mol. The van der Waals surface area contributed by atoms with Gasteiger partial charge in [-0.25, -0.2) is 0 Å². The fraction of sp³-hybridized carbons (Fsp3) is 1.00. The van der Waals surface area contributed by atoms with Gasteiger partial charge in [0.05, 0.1) is 12.2 Å². The number of azide groups is 1. The van der Waals surface area contributed by atoms with Gasteiger partial charge >= 0.3 is 8.56 Å². The van der Waals surface area contributed by atoms with E-state index in [4.69, 9.17) is 14.4 Å². The first-order chi connectivity index (χ1) is 16.0. The van der Waals surface area contributed by atoms with Gasteiger partial charge in [-0.2, -0.15) is 0 Å². The molecule has 7 heteroatoms. The molecule has 0 saturated carbocycles. The summed E-state index contributed by atoms with van der Waals surface area (Å²) in [7, 11) is -2.67. The molecule has 6 nitrogen and oxygen atoms in total. The van der Waals surface area contributed by atoms with E-state index in [1.54, 1.807) is 0 Å². The number of aliphatic hydroxyl groups excluding tert-OH is 1. The van der Waals surface area contributed by atoms with Crippen LogP contribution in [-0.4, -0.2) is 39.0 Å². The molecule has 0 aliphatic carbocycles. The SMILES string of the molecule is CCCCCCCCCCCCCC[C@@H](O)[C@H]1O[Si](C(C)(C)C)(C(C)(C)C)OC[C@@H]1CN=[N+]=[N-]. The average Bonchev–Trinajstić information content (AvgIpc) is 2.76. The summed E-state index contributed by atoms with van der Waals surface area (Å²) in [5, 5.41) is 14.7. The van der Waals surface area contributed by atoms with Crippen molar-refractivity contribution in [2.75, 3.05) is 13.2 Å². The lowest BCUT2D eigenvalue weighted by Gasteiger charge is -2.55. The molecule has 1 saturated heterocycles. The second-order valence-corrected chi connectivity index (χ2v) is 17.2. The van der Waals surface area contributed by atoms with Crippen molar-refractivity contribution in [3.05, 3.63) is 10.4 Å². The van der Waals surface area contributed by atoms with Gasteiger partial charge in [-0.05, 0) is 12.0 Å². The Morgan fingerprint density at radius 2 is 1.35 bits per heavy atom. The highest BCUT2D eigenvalue weighted by Gasteiger charge is 2.62. The van der Waals surface area contributed by atoms with Crippen molar-refractivity contribution in [3.8, 4) is 0 Å². The Kier molecular flexibility index (Phi) is 14.3. The Bertz CT molecular complexity index is 583. The molecule has 34 heavy (non-hydrogen) atoms. The summed E-state index contributed by atoms with van der Waals surface area (Å²) in [5.41, 5.74) is 8.83. The molecule has 0 spiro atoms. The van der Waals surface area contributed by atoms with Gasteiger partial charge in [0, 0.05) is 34.1 Å². The third kappa shape index (κ3) is 9.81. The van der Waals surface area contributed by atoms with Crippen LogP contribution in [0.2, 0.25) is 10.1 Å². The predicted molar refractivity (Wildman–Crippen MR) is 145 cm³/mol. The van der Waals surface area contributed by atoms with Crippen LogP contribution in [-0.2, 0) is 8.85 Å². The van der Waals surface area contributed by atoms with Gasteiger partial charge in [-0.1, -0.05) is 131 Å². The second kappa shape index (κ2) is 15.5. The molecule has 0 radical (unpaired) electrons. The van der Waals surface area contributed by atoms with E-state index in [0.717, 1.165) is 19.3 Å². The zero-order valence-electron chi connectivity index (χ0n) is 23.4. The van der Waals surface area contributed by atoms with Crippen LogP contribution in [0.4, 0.5) is 0 Å². The van der Waals surface area contributed by atoms with Gasteiger partial charge in [0.2, 0.25) is 0 Å². The fourth-order valence-corrected chi connectivity index (χ4v) is 10.7. The molecule has 0 aromatic heterocycles. The van der Waals surface area contributed by atoms with Crippen molar-refractivity contribution in [1.29, 1.82) is 0 Å².